The fourth-order valence-corrected chi connectivity index (χ4v) is 5.26. The fraction of sp³-hybridized carbons (Fsp3) is 0.810. The number of fused-ring (bicyclic) bond motifs is 1. The number of aryl methyl sites for hydroxylation is 1. The van der Waals surface area contributed by atoms with Crippen molar-refractivity contribution in [1.82, 2.24) is 19.6 Å². The van der Waals surface area contributed by atoms with E-state index in [-0.39, 0.29) is 30.1 Å². The number of hydrogen-bond acceptors (Lipinski definition) is 5. The highest BCUT2D eigenvalue weighted by molar-refractivity contribution is 5.78. The number of rotatable bonds is 4. The topological polar surface area (TPSA) is 62.6 Å². The third-order valence-electron chi connectivity index (χ3n) is 6.61. The van der Waals surface area contributed by atoms with Crippen LogP contribution < -0.4 is 5.32 Å². The number of nitrogens with zero attached hydrogens (tertiary/aromatic N) is 4. The molecule has 9 heteroatoms. The van der Waals surface area contributed by atoms with Gasteiger partial charge in [-0.3, -0.25) is 9.69 Å². The summed E-state index contributed by atoms with van der Waals surface area (Å²) in [5.41, 5.74) is 0.746. The quantitative estimate of drug-likeness (QED) is 0.803. The smallest absolute Gasteiger partial charge is 0.260 e. The van der Waals surface area contributed by atoms with Crippen molar-refractivity contribution in [1.29, 1.82) is 0 Å². The highest BCUT2D eigenvalue weighted by Gasteiger charge is 2.38. The Hall–Kier alpha value is -1.74. The number of aromatic nitrogens is 2. The molecule has 0 radical (unpaired) electrons. The molecule has 0 spiro atoms. The van der Waals surface area contributed by atoms with Crippen molar-refractivity contribution in [2.45, 2.75) is 70.8 Å². The summed E-state index contributed by atoms with van der Waals surface area (Å²) >= 11 is 0. The summed E-state index contributed by atoms with van der Waals surface area (Å²) < 4.78 is 34.5. The van der Waals surface area contributed by atoms with E-state index in [4.69, 9.17) is 4.74 Å². The standard InChI is InChI=1S/C21H33F2N5O2/c1-13-8-19-24-17(9-18(21(22)23)28(19)25-13)16-4-6-27(7-5-16)20(29)12-26-10-14(2)30-15(3)11-26/h8,14-18,21,24H,4-7,9-12H2,1-3H3/t14-,15-,17-,18+/m0/s1. The van der Waals surface area contributed by atoms with Crippen LogP contribution in [0.4, 0.5) is 14.6 Å². The largest absolute Gasteiger partial charge is 0.373 e. The van der Waals surface area contributed by atoms with E-state index in [9.17, 15) is 13.6 Å². The molecule has 0 unspecified atom stereocenters. The van der Waals surface area contributed by atoms with Crippen molar-refractivity contribution < 1.29 is 18.3 Å². The molecule has 0 aromatic carbocycles. The molecule has 3 aliphatic rings. The van der Waals surface area contributed by atoms with Gasteiger partial charge in [-0.25, -0.2) is 13.5 Å². The summed E-state index contributed by atoms with van der Waals surface area (Å²) in [6.45, 7) is 9.26. The molecule has 2 fully saturated rings. The van der Waals surface area contributed by atoms with Crippen LogP contribution in [0.5, 0.6) is 0 Å². The van der Waals surface area contributed by atoms with Crippen molar-refractivity contribution in [3.63, 3.8) is 0 Å². The molecule has 1 aromatic rings. The number of morpholine rings is 1. The zero-order chi connectivity index (χ0) is 21.4. The van der Waals surface area contributed by atoms with Crippen molar-refractivity contribution in [3.8, 4) is 0 Å². The number of hydrogen-bond donors (Lipinski definition) is 1. The Bertz CT molecular complexity index is 740. The molecule has 0 aliphatic carbocycles. The first kappa shape index (κ1) is 21.5. The lowest BCUT2D eigenvalue weighted by atomic mass is 9.85. The van der Waals surface area contributed by atoms with Gasteiger partial charge in [0, 0.05) is 38.3 Å². The summed E-state index contributed by atoms with van der Waals surface area (Å²) in [6.07, 6.45) is -0.111. The Kier molecular flexibility index (Phi) is 6.29. The van der Waals surface area contributed by atoms with E-state index in [0.717, 1.165) is 31.6 Å². The predicted molar refractivity (Wildman–Crippen MR) is 110 cm³/mol. The number of anilines is 1. The maximum atomic E-state index is 13.6. The molecule has 30 heavy (non-hydrogen) atoms. The van der Waals surface area contributed by atoms with Crippen LogP contribution in [0.15, 0.2) is 6.07 Å². The molecule has 4 rings (SSSR count). The average Bonchev–Trinajstić information content (AvgIpc) is 3.06. The van der Waals surface area contributed by atoms with Gasteiger partial charge in [0.1, 0.15) is 11.9 Å². The van der Waals surface area contributed by atoms with Crippen molar-refractivity contribution in [3.05, 3.63) is 11.8 Å². The Morgan fingerprint density at radius 2 is 1.93 bits per heavy atom. The second-order valence-electron chi connectivity index (χ2n) is 9.17. The highest BCUT2D eigenvalue weighted by atomic mass is 19.3. The molecular formula is C21H33F2N5O2. The maximum Gasteiger partial charge on any atom is 0.260 e. The molecule has 168 valence electrons. The van der Waals surface area contributed by atoms with E-state index in [0.29, 0.717) is 31.9 Å². The molecule has 4 heterocycles. The number of piperidine rings is 1. The van der Waals surface area contributed by atoms with Crippen LogP contribution in [0.25, 0.3) is 0 Å². The van der Waals surface area contributed by atoms with E-state index in [1.807, 2.05) is 31.7 Å². The number of amides is 1. The number of likely N-dealkylation sites (tertiary alicyclic amines) is 1. The minimum atomic E-state index is -2.44. The van der Waals surface area contributed by atoms with Crippen molar-refractivity contribution in [2.75, 3.05) is 38.0 Å². The van der Waals surface area contributed by atoms with Crippen LogP contribution in [0.2, 0.25) is 0 Å². The maximum absolute atomic E-state index is 13.6. The van der Waals surface area contributed by atoms with Gasteiger partial charge in [-0.15, -0.1) is 0 Å². The SMILES string of the molecule is Cc1cc2n(n1)[C@@H](C(F)F)C[C@@H](C1CCN(C(=O)CN3C[C@H](C)O[C@@H](C)C3)CC1)N2. The molecule has 3 aliphatic heterocycles. The zero-order valence-electron chi connectivity index (χ0n) is 18.1. The molecular weight excluding hydrogens is 392 g/mol. The van der Waals surface area contributed by atoms with E-state index in [1.165, 1.54) is 4.68 Å². The highest BCUT2D eigenvalue weighted by Crippen LogP contribution is 2.36. The number of carbonyl (C=O) groups is 1. The molecule has 1 amide bonds. The zero-order valence-corrected chi connectivity index (χ0v) is 18.1. The lowest BCUT2D eigenvalue weighted by molar-refractivity contribution is -0.137. The number of carbonyl (C=O) groups excluding carboxylic acids is 1. The van der Waals surface area contributed by atoms with Crippen molar-refractivity contribution >= 4 is 11.7 Å². The molecule has 4 atom stereocenters. The normalized spacial score (nSPS) is 30.9. The van der Waals surface area contributed by atoms with Gasteiger partial charge in [0.2, 0.25) is 5.91 Å². The lowest BCUT2D eigenvalue weighted by Gasteiger charge is -2.41. The van der Waals surface area contributed by atoms with Crippen LogP contribution >= 0.6 is 0 Å². The molecule has 1 aromatic heterocycles. The predicted octanol–water partition coefficient (Wildman–Crippen LogP) is 2.53. The average molecular weight is 426 g/mol. The van der Waals surface area contributed by atoms with E-state index in [2.05, 4.69) is 15.3 Å². The monoisotopic (exact) mass is 425 g/mol. The molecule has 1 N–H and O–H groups in total. The molecule has 0 bridgehead atoms. The molecule has 2 saturated heterocycles. The summed E-state index contributed by atoms with van der Waals surface area (Å²) in [7, 11) is 0. The van der Waals surface area contributed by atoms with Crippen LogP contribution in [-0.4, -0.2) is 82.9 Å². The van der Waals surface area contributed by atoms with Gasteiger partial charge in [0.05, 0.1) is 24.4 Å². The number of alkyl halides is 2. The Morgan fingerprint density at radius 3 is 2.57 bits per heavy atom. The van der Waals surface area contributed by atoms with Gasteiger partial charge in [-0.05, 0) is 46.0 Å². The van der Waals surface area contributed by atoms with Gasteiger partial charge in [-0.1, -0.05) is 0 Å². The first-order valence-electron chi connectivity index (χ1n) is 11.1. The summed E-state index contributed by atoms with van der Waals surface area (Å²) in [4.78, 5) is 16.9. The van der Waals surface area contributed by atoms with Gasteiger partial charge >= 0.3 is 0 Å². The summed E-state index contributed by atoms with van der Waals surface area (Å²) in [5.74, 6) is 1.12. The number of ether oxygens (including phenoxy) is 1. The third-order valence-corrected chi connectivity index (χ3v) is 6.61. The Balaban J connectivity index is 1.32. The molecule has 0 saturated carbocycles. The van der Waals surface area contributed by atoms with Crippen LogP contribution in [0, 0.1) is 12.8 Å². The first-order chi connectivity index (χ1) is 14.3. The third kappa shape index (κ3) is 4.61. The minimum absolute atomic E-state index is 0.00852. The lowest BCUT2D eigenvalue weighted by Crippen LogP contribution is -2.51. The summed E-state index contributed by atoms with van der Waals surface area (Å²) in [5, 5.41) is 7.68. The van der Waals surface area contributed by atoms with Crippen LogP contribution in [0.1, 0.15) is 44.8 Å². The van der Waals surface area contributed by atoms with Crippen molar-refractivity contribution in [2.24, 2.45) is 5.92 Å². The van der Waals surface area contributed by atoms with Crippen LogP contribution in [-0.2, 0) is 9.53 Å². The second kappa shape index (κ2) is 8.78. The fourth-order valence-electron chi connectivity index (χ4n) is 5.26. The van der Waals surface area contributed by atoms with Gasteiger partial charge in [-0.2, -0.15) is 5.10 Å². The summed E-state index contributed by atoms with van der Waals surface area (Å²) in [6, 6.07) is 0.945. The van der Waals surface area contributed by atoms with E-state index in [1.54, 1.807) is 0 Å². The minimum Gasteiger partial charge on any atom is -0.373 e. The number of nitrogens with one attached hydrogen (secondary N) is 1. The van der Waals surface area contributed by atoms with Gasteiger partial charge in [0.15, 0.2) is 0 Å². The van der Waals surface area contributed by atoms with Gasteiger partial charge < -0.3 is 15.0 Å². The van der Waals surface area contributed by atoms with E-state index >= 15 is 0 Å². The van der Waals surface area contributed by atoms with Gasteiger partial charge in [0.25, 0.3) is 6.43 Å². The molecule has 7 nitrogen and oxygen atoms in total. The first-order valence-corrected chi connectivity index (χ1v) is 11.1. The Morgan fingerprint density at radius 1 is 1.27 bits per heavy atom. The number of halogens is 2. The second-order valence-corrected chi connectivity index (χ2v) is 9.17. The van der Waals surface area contributed by atoms with E-state index < -0.39 is 12.5 Å². The van der Waals surface area contributed by atoms with Crippen LogP contribution in [0.3, 0.4) is 0 Å². The Labute approximate surface area is 176 Å².